The Labute approximate surface area is 70.6 Å². The van der Waals surface area contributed by atoms with Crippen molar-refractivity contribution in [2.24, 2.45) is 0 Å². The van der Waals surface area contributed by atoms with Crippen molar-refractivity contribution in [3.05, 3.63) is 23.9 Å². The van der Waals surface area contributed by atoms with Crippen LogP contribution in [-0.4, -0.2) is 17.0 Å². The fourth-order valence-corrected chi connectivity index (χ4v) is 0.549. The summed E-state index contributed by atoms with van der Waals surface area (Å²) in [7, 11) is 0. The molecule has 0 atom stereocenters. The fourth-order valence-electron chi connectivity index (χ4n) is 0.549. The van der Waals surface area contributed by atoms with Crippen molar-refractivity contribution in [1.29, 1.82) is 0 Å². The number of amides is 1. The lowest BCUT2D eigenvalue weighted by Gasteiger charge is -1.99. The van der Waals surface area contributed by atoms with E-state index in [2.05, 4.69) is 5.32 Å². The second kappa shape index (κ2) is 5.12. The number of hydrogen-bond donors (Lipinski definition) is 2. The van der Waals surface area contributed by atoms with Gasteiger partial charge in [-0.25, -0.2) is 4.79 Å². The second-order valence-electron chi connectivity index (χ2n) is 2.09. The minimum absolute atomic E-state index is 0.124. The molecule has 0 saturated heterocycles. The Morgan fingerprint density at radius 3 is 2.33 bits per heavy atom. The van der Waals surface area contributed by atoms with Crippen LogP contribution in [0.1, 0.15) is 13.8 Å². The van der Waals surface area contributed by atoms with Gasteiger partial charge in [0.2, 0.25) is 5.91 Å². The molecule has 4 nitrogen and oxygen atoms in total. The van der Waals surface area contributed by atoms with Crippen LogP contribution in [0, 0.1) is 0 Å². The average Bonchev–Trinajstić information content (AvgIpc) is 1.96. The van der Waals surface area contributed by atoms with Crippen molar-refractivity contribution in [2.45, 2.75) is 13.8 Å². The molecule has 0 radical (unpaired) electrons. The van der Waals surface area contributed by atoms with Crippen LogP contribution in [-0.2, 0) is 9.59 Å². The molecule has 12 heavy (non-hydrogen) atoms. The molecule has 0 aromatic carbocycles. The number of carbonyl (C=O) groups excluding carboxylic acids is 1. The zero-order chi connectivity index (χ0) is 9.56. The Morgan fingerprint density at radius 1 is 1.42 bits per heavy atom. The highest BCUT2D eigenvalue weighted by atomic mass is 16.4. The number of aliphatic carboxylic acids is 1. The molecule has 0 aliphatic heterocycles. The topological polar surface area (TPSA) is 66.4 Å². The summed E-state index contributed by atoms with van der Waals surface area (Å²) < 4.78 is 0. The maximum Gasteiger partial charge on any atom is 0.352 e. The van der Waals surface area contributed by atoms with Gasteiger partial charge in [-0.05, 0) is 13.0 Å². The van der Waals surface area contributed by atoms with E-state index >= 15 is 0 Å². The lowest BCUT2D eigenvalue weighted by Crippen LogP contribution is -2.24. The highest BCUT2D eigenvalue weighted by Crippen LogP contribution is 1.90. The number of rotatable bonds is 3. The van der Waals surface area contributed by atoms with Gasteiger partial charge in [-0.1, -0.05) is 12.2 Å². The SMILES string of the molecule is C/C=C/C=C(/NC(C)=O)C(=O)O. The molecule has 0 rings (SSSR count). The van der Waals surface area contributed by atoms with Crippen LogP contribution in [0.2, 0.25) is 0 Å². The zero-order valence-corrected chi connectivity index (χ0v) is 7.00. The lowest BCUT2D eigenvalue weighted by atomic mass is 10.3. The third kappa shape index (κ3) is 4.27. The maximum absolute atomic E-state index is 10.5. The Morgan fingerprint density at radius 2 is 2.00 bits per heavy atom. The molecular weight excluding hydrogens is 158 g/mol. The monoisotopic (exact) mass is 169 g/mol. The van der Waals surface area contributed by atoms with Gasteiger partial charge in [-0.3, -0.25) is 4.79 Å². The van der Waals surface area contributed by atoms with E-state index in [9.17, 15) is 9.59 Å². The van der Waals surface area contributed by atoms with E-state index in [-0.39, 0.29) is 5.70 Å². The number of hydrogen-bond acceptors (Lipinski definition) is 2. The number of carboxylic acids is 1. The normalized spacial score (nSPS) is 11.7. The molecule has 1 amide bonds. The lowest BCUT2D eigenvalue weighted by molar-refractivity contribution is -0.134. The van der Waals surface area contributed by atoms with Gasteiger partial charge in [0.25, 0.3) is 0 Å². The summed E-state index contributed by atoms with van der Waals surface area (Å²) in [6, 6.07) is 0. The standard InChI is InChI=1S/C8H11NO3/c1-3-4-5-7(8(11)12)9-6(2)10/h3-5H,1-2H3,(H,9,10)(H,11,12)/b4-3+,7-5+. The highest BCUT2D eigenvalue weighted by Gasteiger charge is 2.06. The van der Waals surface area contributed by atoms with Crippen LogP contribution in [0.3, 0.4) is 0 Å². The van der Waals surface area contributed by atoms with E-state index in [0.717, 1.165) is 0 Å². The molecule has 2 N–H and O–H groups in total. The fraction of sp³-hybridized carbons (Fsp3) is 0.250. The summed E-state index contributed by atoms with van der Waals surface area (Å²) in [6.45, 7) is 3.01. The third-order valence-corrected chi connectivity index (χ3v) is 0.996. The summed E-state index contributed by atoms with van der Waals surface area (Å²) in [5, 5.41) is 10.7. The Hall–Kier alpha value is -1.58. The first-order chi connectivity index (χ1) is 5.57. The van der Waals surface area contributed by atoms with Crippen LogP contribution in [0.5, 0.6) is 0 Å². The first kappa shape index (κ1) is 10.4. The molecule has 0 heterocycles. The van der Waals surface area contributed by atoms with Crippen molar-refractivity contribution in [3.63, 3.8) is 0 Å². The van der Waals surface area contributed by atoms with Crippen molar-refractivity contribution in [2.75, 3.05) is 0 Å². The van der Waals surface area contributed by atoms with Crippen LogP contribution in [0.15, 0.2) is 23.9 Å². The quantitative estimate of drug-likeness (QED) is 0.482. The molecule has 0 unspecified atom stereocenters. The molecular formula is C8H11NO3. The molecule has 0 spiro atoms. The molecule has 4 heteroatoms. The Balaban J connectivity index is 4.43. The van der Waals surface area contributed by atoms with Crippen molar-refractivity contribution >= 4 is 11.9 Å². The van der Waals surface area contributed by atoms with Gasteiger partial charge in [0, 0.05) is 6.92 Å². The van der Waals surface area contributed by atoms with Gasteiger partial charge in [0.05, 0.1) is 0 Å². The zero-order valence-electron chi connectivity index (χ0n) is 7.00. The molecule has 0 aliphatic rings. The largest absolute Gasteiger partial charge is 0.477 e. The van der Waals surface area contributed by atoms with E-state index in [4.69, 9.17) is 5.11 Å². The van der Waals surface area contributed by atoms with E-state index in [1.165, 1.54) is 13.0 Å². The van der Waals surface area contributed by atoms with Crippen LogP contribution in [0.4, 0.5) is 0 Å². The summed E-state index contributed by atoms with van der Waals surface area (Å²) in [5.74, 6) is -1.54. The Bertz CT molecular complexity index is 241. The summed E-state index contributed by atoms with van der Waals surface area (Å²) in [4.78, 5) is 20.9. The van der Waals surface area contributed by atoms with E-state index in [1.807, 2.05) is 0 Å². The third-order valence-electron chi connectivity index (χ3n) is 0.996. The second-order valence-corrected chi connectivity index (χ2v) is 2.09. The maximum atomic E-state index is 10.5. The minimum atomic E-state index is -1.15. The van der Waals surface area contributed by atoms with E-state index in [0.29, 0.717) is 0 Å². The highest BCUT2D eigenvalue weighted by molar-refractivity contribution is 5.92. The molecule has 0 saturated carbocycles. The van der Waals surface area contributed by atoms with Crippen molar-refractivity contribution in [1.82, 2.24) is 5.32 Å². The molecule has 0 aromatic heterocycles. The van der Waals surface area contributed by atoms with Gasteiger partial charge in [0.1, 0.15) is 5.70 Å². The van der Waals surface area contributed by atoms with Gasteiger partial charge < -0.3 is 10.4 Å². The predicted molar refractivity (Wildman–Crippen MR) is 44.3 cm³/mol. The molecule has 0 aliphatic carbocycles. The van der Waals surface area contributed by atoms with Crippen LogP contribution in [0.25, 0.3) is 0 Å². The predicted octanol–water partition coefficient (Wildman–Crippen LogP) is 0.667. The molecule has 0 fully saturated rings. The molecule has 66 valence electrons. The summed E-state index contributed by atoms with van der Waals surface area (Å²) in [5.41, 5.74) is -0.124. The van der Waals surface area contributed by atoms with Crippen molar-refractivity contribution in [3.8, 4) is 0 Å². The molecule has 0 bridgehead atoms. The molecule has 0 aromatic rings. The summed E-state index contributed by atoms with van der Waals surface area (Å²) >= 11 is 0. The van der Waals surface area contributed by atoms with Gasteiger partial charge in [-0.2, -0.15) is 0 Å². The number of allylic oxidation sites excluding steroid dienone is 3. The van der Waals surface area contributed by atoms with Crippen LogP contribution >= 0.6 is 0 Å². The average molecular weight is 169 g/mol. The number of carbonyl (C=O) groups is 2. The van der Waals surface area contributed by atoms with Crippen molar-refractivity contribution < 1.29 is 14.7 Å². The Kier molecular flexibility index (Phi) is 4.45. The van der Waals surface area contributed by atoms with Gasteiger partial charge in [0.15, 0.2) is 0 Å². The van der Waals surface area contributed by atoms with E-state index in [1.54, 1.807) is 19.1 Å². The van der Waals surface area contributed by atoms with Gasteiger partial charge in [-0.15, -0.1) is 0 Å². The van der Waals surface area contributed by atoms with Crippen LogP contribution < -0.4 is 5.32 Å². The number of carboxylic acid groups (broad SMARTS) is 1. The minimum Gasteiger partial charge on any atom is -0.477 e. The smallest absolute Gasteiger partial charge is 0.352 e. The van der Waals surface area contributed by atoms with E-state index < -0.39 is 11.9 Å². The first-order valence-corrected chi connectivity index (χ1v) is 3.41. The number of nitrogens with one attached hydrogen (secondary N) is 1. The summed E-state index contributed by atoms with van der Waals surface area (Å²) in [6.07, 6.45) is 4.54. The van der Waals surface area contributed by atoms with Gasteiger partial charge >= 0.3 is 5.97 Å². The first-order valence-electron chi connectivity index (χ1n) is 3.41.